The van der Waals surface area contributed by atoms with Crippen molar-refractivity contribution in [2.45, 2.75) is 31.9 Å². The standard InChI is InChI=1S/C13H15FN2O4/c1-8-13(2,5-6-20-8)15-12(17)9-3-4-10(14)11(7-9)16(18)19/h3-4,7-8H,5-6H2,1-2H3,(H,15,17). The highest BCUT2D eigenvalue weighted by Crippen LogP contribution is 2.26. The van der Waals surface area contributed by atoms with Crippen molar-refractivity contribution >= 4 is 11.6 Å². The highest BCUT2D eigenvalue weighted by Gasteiger charge is 2.38. The molecule has 2 atom stereocenters. The van der Waals surface area contributed by atoms with E-state index in [9.17, 15) is 19.3 Å². The van der Waals surface area contributed by atoms with Crippen LogP contribution in [0.25, 0.3) is 0 Å². The Hall–Kier alpha value is -2.02. The number of rotatable bonds is 3. The smallest absolute Gasteiger partial charge is 0.305 e. The maximum Gasteiger partial charge on any atom is 0.305 e. The van der Waals surface area contributed by atoms with E-state index in [1.807, 2.05) is 13.8 Å². The molecular weight excluding hydrogens is 267 g/mol. The van der Waals surface area contributed by atoms with E-state index in [4.69, 9.17) is 4.74 Å². The number of benzene rings is 1. The largest absolute Gasteiger partial charge is 0.376 e. The first-order chi connectivity index (χ1) is 9.33. The zero-order chi connectivity index (χ0) is 14.9. The van der Waals surface area contributed by atoms with Gasteiger partial charge in [-0.05, 0) is 32.4 Å². The Labute approximate surface area is 115 Å². The monoisotopic (exact) mass is 282 g/mol. The molecule has 1 N–H and O–H groups in total. The molecule has 2 rings (SSSR count). The highest BCUT2D eigenvalue weighted by atomic mass is 19.1. The van der Waals surface area contributed by atoms with Crippen molar-refractivity contribution in [2.75, 3.05) is 6.61 Å². The topological polar surface area (TPSA) is 81.5 Å². The van der Waals surface area contributed by atoms with Crippen LogP contribution in [0.15, 0.2) is 18.2 Å². The molecule has 0 radical (unpaired) electrons. The number of nitrogens with zero attached hydrogens (tertiary/aromatic N) is 1. The molecule has 2 unspecified atom stereocenters. The van der Waals surface area contributed by atoms with Gasteiger partial charge in [-0.1, -0.05) is 0 Å². The van der Waals surface area contributed by atoms with E-state index in [1.54, 1.807) is 0 Å². The van der Waals surface area contributed by atoms with E-state index in [0.29, 0.717) is 13.0 Å². The zero-order valence-corrected chi connectivity index (χ0v) is 11.2. The lowest BCUT2D eigenvalue weighted by atomic mass is 9.94. The second-order valence-electron chi connectivity index (χ2n) is 5.06. The van der Waals surface area contributed by atoms with E-state index >= 15 is 0 Å². The second kappa shape index (κ2) is 5.16. The summed E-state index contributed by atoms with van der Waals surface area (Å²) in [5.74, 6) is -1.44. The lowest BCUT2D eigenvalue weighted by Gasteiger charge is -2.28. The van der Waals surface area contributed by atoms with E-state index in [-0.39, 0.29) is 11.7 Å². The molecule has 1 aliphatic heterocycles. The Kier molecular flexibility index (Phi) is 3.71. The molecule has 0 aromatic heterocycles. The molecule has 1 saturated heterocycles. The van der Waals surface area contributed by atoms with Gasteiger partial charge in [0.25, 0.3) is 5.91 Å². The third-order valence-corrected chi connectivity index (χ3v) is 3.69. The van der Waals surface area contributed by atoms with Gasteiger partial charge in [-0.25, -0.2) is 0 Å². The van der Waals surface area contributed by atoms with Gasteiger partial charge in [0.1, 0.15) is 0 Å². The first kappa shape index (κ1) is 14.4. The van der Waals surface area contributed by atoms with Crippen molar-refractivity contribution in [2.24, 2.45) is 0 Å². The van der Waals surface area contributed by atoms with Crippen LogP contribution in [0, 0.1) is 15.9 Å². The van der Waals surface area contributed by atoms with Crippen molar-refractivity contribution < 1.29 is 18.8 Å². The molecule has 1 heterocycles. The Morgan fingerprint density at radius 3 is 2.85 bits per heavy atom. The number of hydrogen-bond acceptors (Lipinski definition) is 4. The number of nitro benzene ring substituents is 1. The molecule has 1 aliphatic rings. The Balaban J connectivity index is 2.22. The molecule has 7 heteroatoms. The van der Waals surface area contributed by atoms with Crippen LogP contribution in [-0.2, 0) is 4.74 Å². The van der Waals surface area contributed by atoms with Gasteiger partial charge in [0.05, 0.1) is 16.6 Å². The Morgan fingerprint density at radius 1 is 1.60 bits per heavy atom. The van der Waals surface area contributed by atoms with Gasteiger partial charge < -0.3 is 10.1 Å². The van der Waals surface area contributed by atoms with E-state index in [2.05, 4.69) is 5.32 Å². The molecule has 0 saturated carbocycles. The molecule has 0 bridgehead atoms. The van der Waals surface area contributed by atoms with Crippen LogP contribution >= 0.6 is 0 Å². The van der Waals surface area contributed by atoms with E-state index in [1.165, 1.54) is 6.07 Å². The number of nitrogens with one attached hydrogen (secondary N) is 1. The quantitative estimate of drug-likeness (QED) is 0.679. The number of carbonyl (C=O) groups is 1. The van der Waals surface area contributed by atoms with Crippen LogP contribution in [0.3, 0.4) is 0 Å². The second-order valence-corrected chi connectivity index (χ2v) is 5.06. The van der Waals surface area contributed by atoms with Crippen LogP contribution in [-0.4, -0.2) is 29.1 Å². The van der Waals surface area contributed by atoms with Crippen molar-refractivity contribution in [3.05, 3.63) is 39.7 Å². The number of hydrogen-bond donors (Lipinski definition) is 1. The third kappa shape index (κ3) is 2.62. The number of carbonyl (C=O) groups excluding carboxylic acids is 1. The fraction of sp³-hybridized carbons (Fsp3) is 0.462. The molecule has 0 aliphatic carbocycles. The summed E-state index contributed by atoms with van der Waals surface area (Å²) in [6.45, 7) is 4.24. The van der Waals surface area contributed by atoms with Crippen molar-refractivity contribution in [3.8, 4) is 0 Å². The van der Waals surface area contributed by atoms with Gasteiger partial charge in [-0.2, -0.15) is 4.39 Å². The predicted molar refractivity (Wildman–Crippen MR) is 69.0 cm³/mol. The van der Waals surface area contributed by atoms with Crippen LogP contribution in [0.2, 0.25) is 0 Å². The van der Waals surface area contributed by atoms with Crippen molar-refractivity contribution in [1.29, 1.82) is 0 Å². The average Bonchev–Trinajstić information content (AvgIpc) is 2.69. The maximum absolute atomic E-state index is 13.2. The lowest BCUT2D eigenvalue weighted by molar-refractivity contribution is -0.387. The highest BCUT2D eigenvalue weighted by molar-refractivity contribution is 5.95. The summed E-state index contributed by atoms with van der Waals surface area (Å²) in [6.07, 6.45) is 0.505. The fourth-order valence-corrected chi connectivity index (χ4v) is 2.12. The summed E-state index contributed by atoms with van der Waals surface area (Å²) in [4.78, 5) is 21.9. The minimum absolute atomic E-state index is 0.0541. The minimum Gasteiger partial charge on any atom is -0.376 e. The molecule has 0 spiro atoms. The molecular formula is C13H15FN2O4. The number of ether oxygens (including phenoxy) is 1. The summed E-state index contributed by atoms with van der Waals surface area (Å²) in [5.41, 5.74) is -1.18. The van der Waals surface area contributed by atoms with Crippen LogP contribution < -0.4 is 5.32 Å². The molecule has 20 heavy (non-hydrogen) atoms. The third-order valence-electron chi connectivity index (χ3n) is 3.69. The molecule has 108 valence electrons. The summed E-state index contributed by atoms with van der Waals surface area (Å²) in [6, 6.07) is 3.08. The van der Waals surface area contributed by atoms with Gasteiger partial charge in [-0.15, -0.1) is 0 Å². The Bertz CT molecular complexity index is 563. The van der Waals surface area contributed by atoms with Crippen molar-refractivity contribution in [3.63, 3.8) is 0 Å². The summed E-state index contributed by atoms with van der Waals surface area (Å²) < 4.78 is 18.6. The lowest BCUT2D eigenvalue weighted by Crippen LogP contribution is -2.50. The predicted octanol–water partition coefficient (Wildman–Crippen LogP) is 2.03. The number of halogens is 1. The normalized spacial score (nSPS) is 25.4. The average molecular weight is 282 g/mol. The first-order valence-corrected chi connectivity index (χ1v) is 6.21. The van der Waals surface area contributed by atoms with Gasteiger partial charge in [0.2, 0.25) is 5.82 Å². The zero-order valence-electron chi connectivity index (χ0n) is 11.2. The van der Waals surface area contributed by atoms with Crippen LogP contribution in [0.1, 0.15) is 30.6 Å². The minimum atomic E-state index is -0.963. The van der Waals surface area contributed by atoms with E-state index in [0.717, 1.165) is 12.1 Å². The summed E-state index contributed by atoms with van der Waals surface area (Å²) in [5, 5.41) is 13.5. The van der Waals surface area contributed by atoms with Crippen molar-refractivity contribution in [1.82, 2.24) is 5.32 Å². The number of amides is 1. The molecule has 1 fully saturated rings. The number of nitro groups is 1. The summed E-state index contributed by atoms with van der Waals surface area (Å²) >= 11 is 0. The van der Waals surface area contributed by atoms with Gasteiger partial charge in [0.15, 0.2) is 0 Å². The summed E-state index contributed by atoms with van der Waals surface area (Å²) in [7, 11) is 0. The van der Waals surface area contributed by atoms with Gasteiger partial charge in [0, 0.05) is 18.2 Å². The van der Waals surface area contributed by atoms with Gasteiger partial charge >= 0.3 is 5.69 Å². The molecule has 1 amide bonds. The van der Waals surface area contributed by atoms with Crippen LogP contribution in [0.4, 0.5) is 10.1 Å². The SMILES string of the molecule is CC1OCCC1(C)NC(=O)c1ccc(F)c([N+](=O)[O-])c1. The van der Waals surface area contributed by atoms with Gasteiger partial charge in [-0.3, -0.25) is 14.9 Å². The molecule has 1 aromatic rings. The molecule has 1 aromatic carbocycles. The first-order valence-electron chi connectivity index (χ1n) is 6.21. The van der Waals surface area contributed by atoms with E-state index < -0.39 is 27.9 Å². The fourth-order valence-electron chi connectivity index (χ4n) is 2.12. The van der Waals surface area contributed by atoms with Crippen LogP contribution in [0.5, 0.6) is 0 Å². The maximum atomic E-state index is 13.2. The molecule has 6 nitrogen and oxygen atoms in total. The Morgan fingerprint density at radius 2 is 2.30 bits per heavy atom.